The smallest absolute Gasteiger partial charge is 0.279 e. The van der Waals surface area contributed by atoms with Crippen LogP contribution in [0, 0.1) is 11.3 Å². The van der Waals surface area contributed by atoms with Crippen molar-refractivity contribution < 1.29 is 4.79 Å². The van der Waals surface area contributed by atoms with Gasteiger partial charge in [0.2, 0.25) is 5.13 Å². The lowest BCUT2D eigenvalue weighted by Gasteiger charge is -2.33. The summed E-state index contributed by atoms with van der Waals surface area (Å²) in [6, 6.07) is -0.747. The van der Waals surface area contributed by atoms with Gasteiger partial charge in [-0.3, -0.25) is 14.9 Å². The Bertz CT molecular complexity index is 1280. The molecule has 5 rings (SSSR count). The summed E-state index contributed by atoms with van der Waals surface area (Å²) in [6.07, 6.45) is 9.31. The van der Waals surface area contributed by atoms with Crippen molar-refractivity contribution in [1.82, 2.24) is 25.2 Å². The fourth-order valence-corrected chi connectivity index (χ4v) is 7.66. The molecule has 3 aromatic rings. The molecule has 0 aliphatic heterocycles. The molecule has 1 amide bonds. The Hall–Kier alpha value is -2.20. The maximum atomic E-state index is 13.6. The third-order valence-corrected chi connectivity index (χ3v) is 9.87. The molecule has 35 heavy (non-hydrogen) atoms. The Kier molecular flexibility index (Phi) is 6.78. The maximum absolute atomic E-state index is 13.6. The van der Waals surface area contributed by atoms with Gasteiger partial charge in [0, 0.05) is 10.8 Å². The maximum Gasteiger partial charge on any atom is 0.279 e. The zero-order valence-electron chi connectivity index (χ0n) is 21.0. The van der Waals surface area contributed by atoms with Crippen LogP contribution in [-0.4, -0.2) is 31.1 Å². The van der Waals surface area contributed by atoms with E-state index in [4.69, 9.17) is 0 Å². The van der Waals surface area contributed by atoms with Crippen molar-refractivity contribution in [2.75, 3.05) is 5.32 Å². The zero-order valence-corrected chi connectivity index (χ0v) is 22.6. The Morgan fingerprint density at radius 2 is 1.89 bits per heavy atom. The minimum atomic E-state index is -0.747. The summed E-state index contributed by atoms with van der Waals surface area (Å²) in [6.45, 7) is 8.73. The average Bonchev–Trinajstić information content (AvgIpc) is 3.45. The van der Waals surface area contributed by atoms with Crippen LogP contribution >= 0.6 is 22.7 Å². The number of hydrogen-bond donors (Lipinski definition) is 1. The molecule has 3 heterocycles. The number of carbonyl (C=O) groups is 1. The van der Waals surface area contributed by atoms with Gasteiger partial charge in [-0.2, -0.15) is 4.68 Å². The van der Waals surface area contributed by atoms with Crippen LogP contribution in [0.25, 0.3) is 10.2 Å². The van der Waals surface area contributed by atoms with Gasteiger partial charge in [0.1, 0.15) is 11.0 Å². The van der Waals surface area contributed by atoms with Gasteiger partial charge in [-0.1, -0.05) is 63.5 Å². The van der Waals surface area contributed by atoms with Gasteiger partial charge in [0.25, 0.3) is 11.5 Å². The lowest BCUT2D eigenvalue weighted by molar-refractivity contribution is -0.119. The second-order valence-corrected chi connectivity index (χ2v) is 13.1. The number of aryl methyl sites for hydroxylation is 1. The topological polar surface area (TPSA) is 103 Å². The summed E-state index contributed by atoms with van der Waals surface area (Å²) >= 11 is 3.03. The van der Waals surface area contributed by atoms with Gasteiger partial charge in [0.15, 0.2) is 4.83 Å². The molecule has 2 aliphatic rings. The van der Waals surface area contributed by atoms with Crippen LogP contribution in [0.5, 0.6) is 0 Å². The second kappa shape index (κ2) is 9.69. The van der Waals surface area contributed by atoms with Crippen molar-refractivity contribution in [3.8, 4) is 0 Å². The molecule has 1 saturated carbocycles. The molecule has 2 aliphatic carbocycles. The van der Waals surface area contributed by atoms with Gasteiger partial charge in [-0.25, -0.2) is 0 Å². The zero-order chi connectivity index (χ0) is 24.7. The van der Waals surface area contributed by atoms with Gasteiger partial charge in [-0.05, 0) is 55.4 Å². The normalized spacial score (nSPS) is 20.1. The standard InChI is InChI=1S/C25H34N6O2S2/c1-5-17(20(32)26-24-29-27-21(35-24)14-9-7-6-8-10-14)31-23(33)19-16-12-11-15(25(2,3)4)13-18(16)34-22(19)28-30-31/h14-15,17H,5-13H2,1-4H3,(H,26,29,32). The highest BCUT2D eigenvalue weighted by Gasteiger charge is 2.33. The van der Waals surface area contributed by atoms with Crippen molar-refractivity contribution >= 4 is 43.9 Å². The SMILES string of the molecule is CCC(C(=O)Nc1nnc(C2CCCCC2)s1)n1nnc2sc3c(c2c1=O)CCC(C(C)(C)C)C3. The van der Waals surface area contributed by atoms with Gasteiger partial charge < -0.3 is 0 Å². The van der Waals surface area contributed by atoms with Crippen molar-refractivity contribution in [3.63, 3.8) is 0 Å². The van der Waals surface area contributed by atoms with Crippen molar-refractivity contribution in [2.24, 2.45) is 11.3 Å². The molecule has 10 heteroatoms. The number of anilines is 1. The minimum absolute atomic E-state index is 0.219. The quantitative estimate of drug-likeness (QED) is 0.483. The molecule has 1 N–H and O–H groups in total. The highest BCUT2D eigenvalue weighted by molar-refractivity contribution is 7.18. The van der Waals surface area contributed by atoms with E-state index in [1.54, 1.807) is 11.3 Å². The van der Waals surface area contributed by atoms with Crippen LogP contribution in [0.3, 0.4) is 0 Å². The van der Waals surface area contributed by atoms with Crippen LogP contribution in [0.4, 0.5) is 5.13 Å². The highest BCUT2D eigenvalue weighted by atomic mass is 32.1. The number of nitrogens with zero attached hydrogens (tertiary/aromatic N) is 5. The number of thiophene rings is 1. The summed E-state index contributed by atoms with van der Waals surface area (Å²) in [5, 5.41) is 22.1. The van der Waals surface area contributed by atoms with Crippen molar-refractivity contribution in [2.45, 2.75) is 97.4 Å². The van der Waals surface area contributed by atoms with E-state index in [1.165, 1.54) is 40.2 Å². The van der Waals surface area contributed by atoms with E-state index in [0.29, 0.717) is 33.6 Å². The molecular weight excluding hydrogens is 480 g/mol. The summed E-state index contributed by atoms with van der Waals surface area (Å²) in [5.41, 5.74) is 1.12. The summed E-state index contributed by atoms with van der Waals surface area (Å²) in [5.74, 6) is 0.719. The Balaban J connectivity index is 1.39. The van der Waals surface area contributed by atoms with Gasteiger partial charge >= 0.3 is 0 Å². The molecule has 0 spiro atoms. The van der Waals surface area contributed by atoms with Crippen LogP contribution < -0.4 is 10.9 Å². The van der Waals surface area contributed by atoms with E-state index in [9.17, 15) is 9.59 Å². The Labute approximate surface area is 213 Å². The molecule has 0 radical (unpaired) electrons. The number of carbonyl (C=O) groups excluding carboxylic acids is 1. The van der Waals surface area contributed by atoms with Gasteiger partial charge in [-0.15, -0.1) is 26.6 Å². The molecule has 8 nitrogen and oxygen atoms in total. The first-order valence-corrected chi connectivity index (χ1v) is 14.4. The first kappa shape index (κ1) is 24.5. The monoisotopic (exact) mass is 514 g/mol. The van der Waals surface area contributed by atoms with Crippen LogP contribution in [0.2, 0.25) is 0 Å². The molecule has 188 valence electrons. The second-order valence-electron chi connectivity index (χ2n) is 11.0. The molecule has 2 unspecified atom stereocenters. The first-order valence-electron chi connectivity index (χ1n) is 12.8. The fraction of sp³-hybridized carbons (Fsp3) is 0.680. The third kappa shape index (κ3) is 4.79. The van der Waals surface area contributed by atoms with Crippen molar-refractivity contribution in [1.29, 1.82) is 0 Å². The predicted octanol–water partition coefficient (Wildman–Crippen LogP) is 5.49. The van der Waals surface area contributed by atoms with E-state index in [2.05, 4.69) is 46.6 Å². The predicted molar refractivity (Wildman–Crippen MR) is 140 cm³/mol. The Morgan fingerprint density at radius 1 is 1.11 bits per heavy atom. The summed E-state index contributed by atoms with van der Waals surface area (Å²) in [7, 11) is 0. The van der Waals surface area contributed by atoms with Crippen LogP contribution in [0.15, 0.2) is 4.79 Å². The number of fused-ring (bicyclic) bond motifs is 3. The summed E-state index contributed by atoms with van der Waals surface area (Å²) in [4.78, 5) is 28.7. The summed E-state index contributed by atoms with van der Waals surface area (Å²) < 4.78 is 1.27. The van der Waals surface area contributed by atoms with Crippen molar-refractivity contribution in [3.05, 3.63) is 25.8 Å². The number of hydrogen-bond acceptors (Lipinski definition) is 8. The minimum Gasteiger partial charge on any atom is -0.299 e. The number of nitrogens with one attached hydrogen (secondary N) is 1. The van der Waals surface area contributed by atoms with E-state index in [0.717, 1.165) is 42.7 Å². The average molecular weight is 515 g/mol. The Morgan fingerprint density at radius 3 is 2.60 bits per heavy atom. The first-order chi connectivity index (χ1) is 16.8. The highest BCUT2D eigenvalue weighted by Crippen LogP contribution is 2.42. The molecule has 2 atom stereocenters. The molecular formula is C25H34N6O2S2. The third-order valence-electron chi connectivity index (χ3n) is 7.74. The van der Waals surface area contributed by atoms with Crippen LogP contribution in [0.1, 0.15) is 100 Å². The molecule has 0 bridgehead atoms. The number of amides is 1. The molecule has 0 aromatic carbocycles. The lowest BCUT2D eigenvalue weighted by Crippen LogP contribution is -2.35. The van der Waals surface area contributed by atoms with Gasteiger partial charge in [0.05, 0.1) is 5.39 Å². The number of aromatic nitrogens is 5. The van der Waals surface area contributed by atoms with E-state index >= 15 is 0 Å². The lowest BCUT2D eigenvalue weighted by atomic mass is 9.72. The largest absolute Gasteiger partial charge is 0.299 e. The van der Waals surface area contributed by atoms with E-state index in [-0.39, 0.29) is 16.9 Å². The van der Waals surface area contributed by atoms with E-state index < -0.39 is 6.04 Å². The number of rotatable bonds is 5. The molecule has 3 aromatic heterocycles. The molecule has 1 fully saturated rings. The molecule has 0 saturated heterocycles. The van der Waals surface area contributed by atoms with E-state index in [1.807, 2.05) is 6.92 Å². The van der Waals surface area contributed by atoms with Crippen LogP contribution in [-0.2, 0) is 17.6 Å². The fourth-order valence-electron chi connectivity index (χ4n) is 5.51.